The molecule has 5 aromatic rings. The molecule has 2 aliphatic heterocycles. The predicted octanol–water partition coefficient (Wildman–Crippen LogP) is 6.37. The molecule has 0 unspecified atom stereocenters. The van der Waals surface area contributed by atoms with E-state index in [4.69, 9.17) is 19.4 Å². The van der Waals surface area contributed by atoms with Crippen molar-refractivity contribution in [2.75, 3.05) is 27.3 Å². The fourth-order valence-corrected chi connectivity index (χ4v) is 8.59. The van der Waals surface area contributed by atoms with E-state index in [2.05, 4.69) is 69.1 Å². The van der Waals surface area contributed by atoms with Crippen LogP contribution in [0.15, 0.2) is 60.8 Å². The Morgan fingerprint density at radius 2 is 1.21 bits per heavy atom. The van der Waals surface area contributed by atoms with Gasteiger partial charge in [0.25, 0.3) is 0 Å². The number of imidazole rings is 2. The van der Waals surface area contributed by atoms with Gasteiger partial charge in [-0.15, -0.1) is 0 Å². The van der Waals surface area contributed by atoms with E-state index < -0.39 is 24.3 Å². The maximum Gasteiger partial charge on any atom is 0.407 e. The minimum atomic E-state index is -0.584. The molecule has 0 spiro atoms. The van der Waals surface area contributed by atoms with E-state index in [1.54, 1.807) is 0 Å². The molecule has 4 amide bonds. The maximum atomic E-state index is 13.7. The van der Waals surface area contributed by atoms with Crippen LogP contribution >= 0.6 is 0 Å². The van der Waals surface area contributed by atoms with Crippen LogP contribution in [0.4, 0.5) is 9.59 Å². The number of nitrogens with zero attached hydrogens (tertiary/aromatic N) is 4. The molecule has 2 aliphatic carbocycles. The topological polar surface area (TPSA) is 175 Å². The van der Waals surface area contributed by atoms with E-state index in [1.807, 2.05) is 22.1 Å². The second-order valence-electron chi connectivity index (χ2n) is 15.6. The summed E-state index contributed by atoms with van der Waals surface area (Å²) in [4.78, 5) is 71.7. The maximum absolute atomic E-state index is 13.7. The highest BCUT2D eigenvalue weighted by Crippen LogP contribution is 2.40. The van der Waals surface area contributed by atoms with Gasteiger partial charge in [-0.1, -0.05) is 30.3 Å². The van der Waals surface area contributed by atoms with Crippen molar-refractivity contribution in [1.29, 1.82) is 0 Å². The first-order chi connectivity index (χ1) is 27.3. The molecule has 56 heavy (non-hydrogen) atoms. The van der Waals surface area contributed by atoms with Gasteiger partial charge in [-0.05, 0) is 109 Å². The van der Waals surface area contributed by atoms with Crippen LogP contribution in [0.5, 0.6) is 0 Å². The summed E-state index contributed by atoms with van der Waals surface area (Å²) in [6.45, 7) is 1.24. The summed E-state index contributed by atoms with van der Waals surface area (Å²) in [6, 6.07) is 17.4. The van der Waals surface area contributed by atoms with Crippen LogP contribution in [-0.4, -0.2) is 93.1 Å². The summed E-state index contributed by atoms with van der Waals surface area (Å²) in [5, 5.41) is 7.71. The van der Waals surface area contributed by atoms with Gasteiger partial charge < -0.3 is 39.9 Å². The molecule has 4 atom stereocenters. The number of H-pyrrole nitrogens is 2. The zero-order chi connectivity index (χ0) is 38.5. The number of alkyl carbamates (subject to hydrolysis) is 2. The zero-order valence-corrected chi connectivity index (χ0v) is 31.5. The van der Waals surface area contributed by atoms with Gasteiger partial charge in [-0.25, -0.2) is 19.6 Å². The first-order valence-corrected chi connectivity index (χ1v) is 19.7. The number of fused-ring (bicyclic) bond motifs is 2. The number of rotatable bonds is 10. The van der Waals surface area contributed by atoms with Crippen LogP contribution in [0.2, 0.25) is 0 Å². The number of ether oxygens (including phenoxy) is 2. The highest BCUT2D eigenvalue weighted by atomic mass is 16.5. The highest BCUT2D eigenvalue weighted by molar-refractivity contribution is 5.92. The number of likely N-dealkylation sites (tertiary alicyclic amines) is 2. The summed E-state index contributed by atoms with van der Waals surface area (Å²) >= 11 is 0. The van der Waals surface area contributed by atoms with Crippen molar-refractivity contribution in [3.8, 4) is 22.4 Å². The molecule has 14 nitrogen and oxygen atoms in total. The van der Waals surface area contributed by atoms with Crippen molar-refractivity contribution in [2.45, 2.75) is 75.5 Å². The molecule has 9 rings (SSSR count). The largest absolute Gasteiger partial charge is 0.453 e. The fourth-order valence-electron chi connectivity index (χ4n) is 8.59. The predicted molar refractivity (Wildman–Crippen MR) is 208 cm³/mol. The number of methoxy groups -OCH3 is 2. The van der Waals surface area contributed by atoms with Gasteiger partial charge in [-0.2, -0.15) is 0 Å². The van der Waals surface area contributed by atoms with Gasteiger partial charge in [-0.3, -0.25) is 9.59 Å². The summed E-state index contributed by atoms with van der Waals surface area (Å²) in [6.07, 6.45) is 7.66. The zero-order valence-electron chi connectivity index (χ0n) is 31.5. The monoisotopic (exact) mass is 758 g/mol. The highest BCUT2D eigenvalue weighted by Gasteiger charge is 2.44. The first-order valence-electron chi connectivity index (χ1n) is 19.7. The Labute approximate surface area is 323 Å². The number of aromatic amines is 2. The third-order valence-electron chi connectivity index (χ3n) is 11.9. The number of aromatic nitrogens is 4. The van der Waals surface area contributed by atoms with Crippen molar-refractivity contribution < 1.29 is 28.7 Å². The van der Waals surface area contributed by atoms with Crippen molar-refractivity contribution in [2.24, 2.45) is 11.8 Å². The SMILES string of the molecule is COC(=O)N[C@H](C(=O)N1CCC[C@H]1c1ncc(-c2ccc3cc(-c4ccc5[nH]c([C@@H]6CCCN6C(=O)[C@@H](NC(=O)OC)C6CC6)nc5c4)ccc3c2)[nH]1)C1CC1. The van der Waals surface area contributed by atoms with Crippen LogP contribution in [-0.2, 0) is 19.1 Å². The Morgan fingerprint density at radius 1 is 0.679 bits per heavy atom. The Morgan fingerprint density at radius 3 is 1.80 bits per heavy atom. The van der Waals surface area contributed by atoms with Crippen molar-refractivity contribution >= 4 is 45.8 Å². The van der Waals surface area contributed by atoms with Crippen molar-refractivity contribution in [1.82, 2.24) is 40.4 Å². The molecule has 4 fully saturated rings. The molecule has 2 aromatic heterocycles. The fraction of sp³-hybridized carbons (Fsp3) is 0.429. The number of nitrogens with one attached hydrogen (secondary N) is 4. The van der Waals surface area contributed by atoms with Gasteiger partial charge in [0.05, 0.1) is 49.2 Å². The number of carbonyl (C=O) groups is 4. The Hall–Kier alpha value is -5.92. The smallest absolute Gasteiger partial charge is 0.407 e. The normalized spacial score (nSPS) is 20.6. The third-order valence-corrected chi connectivity index (χ3v) is 11.9. The summed E-state index contributed by atoms with van der Waals surface area (Å²) < 4.78 is 9.60. The minimum Gasteiger partial charge on any atom is -0.453 e. The molecule has 14 heteroatoms. The molecule has 4 heterocycles. The third kappa shape index (κ3) is 6.92. The molecule has 4 N–H and O–H groups in total. The van der Waals surface area contributed by atoms with Gasteiger partial charge in [0, 0.05) is 18.7 Å². The average molecular weight is 759 g/mol. The van der Waals surface area contributed by atoms with E-state index in [-0.39, 0.29) is 35.7 Å². The van der Waals surface area contributed by atoms with Gasteiger partial charge in [0.2, 0.25) is 11.8 Å². The molecule has 0 radical (unpaired) electrons. The number of hydrogen-bond donors (Lipinski definition) is 4. The lowest BCUT2D eigenvalue weighted by Gasteiger charge is -2.28. The molecule has 2 saturated heterocycles. The number of benzene rings is 3. The average Bonchev–Trinajstić information content (AvgIpc) is 3.97. The molecule has 4 aliphatic rings. The van der Waals surface area contributed by atoms with Crippen LogP contribution in [0.3, 0.4) is 0 Å². The lowest BCUT2D eigenvalue weighted by atomic mass is 9.99. The van der Waals surface area contributed by atoms with E-state index in [1.165, 1.54) is 14.2 Å². The number of amides is 4. The Balaban J connectivity index is 0.905. The number of carbonyl (C=O) groups excluding carboxylic acids is 4. The van der Waals surface area contributed by atoms with Gasteiger partial charge >= 0.3 is 12.2 Å². The second kappa shape index (κ2) is 14.6. The van der Waals surface area contributed by atoms with Gasteiger partial charge in [0.15, 0.2) is 0 Å². The molecule has 290 valence electrons. The summed E-state index contributed by atoms with van der Waals surface area (Å²) in [5.41, 5.74) is 5.72. The van der Waals surface area contributed by atoms with Gasteiger partial charge in [0.1, 0.15) is 23.7 Å². The standard InChI is InChI=1S/C42H46N8O6/c1-55-41(53)47-35(23-7-8-23)39(51)49-17-3-5-33(49)37-43-22-32(46-37)29-14-13-25-19-26(11-12-27(25)20-29)28-15-16-30-31(21-28)45-38(44-30)34-6-4-18-50(34)40(52)36(24-9-10-24)48-42(54)56-2/h11-16,19-24,33-36H,3-10,17-18H2,1-2H3,(H,43,46)(H,44,45)(H,47,53)(H,48,54)/t33-,34-,35-,36-/m0/s1. The summed E-state index contributed by atoms with van der Waals surface area (Å²) in [7, 11) is 2.63. The van der Waals surface area contributed by atoms with Crippen LogP contribution < -0.4 is 10.6 Å². The quantitative estimate of drug-likeness (QED) is 0.127. The van der Waals surface area contributed by atoms with Crippen LogP contribution in [0.1, 0.15) is 75.1 Å². The second-order valence-corrected chi connectivity index (χ2v) is 15.6. The lowest BCUT2D eigenvalue weighted by molar-refractivity contribution is -0.135. The summed E-state index contributed by atoms with van der Waals surface area (Å²) in [5.74, 6) is 1.64. The molecular formula is C42H46N8O6. The minimum absolute atomic E-state index is 0.0746. The molecular weight excluding hydrogens is 713 g/mol. The molecule has 2 saturated carbocycles. The Kier molecular flexibility index (Phi) is 9.34. The lowest BCUT2D eigenvalue weighted by Crippen LogP contribution is -2.49. The molecule has 0 bridgehead atoms. The van der Waals surface area contributed by atoms with E-state index in [0.717, 1.165) is 107 Å². The van der Waals surface area contributed by atoms with E-state index in [0.29, 0.717) is 13.1 Å². The van der Waals surface area contributed by atoms with Crippen LogP contribution in [0, 0.1) is 11.8 Å². The van der Waals surface area contributed by atoms with E-state index >= 15 is 0 Å². The van der Waals surface area contributed by atoms with E-state index in [9.17, 15) is 19.2 Å². The van der Waals surface area contributed by atoms with Crippen LogP contribution in [0.25, 0.3) is 44.2 Å². The van der Waals surface area contributed by atoms with Crippen molar-refractivity contribution in [3.63, 3.8) is 0 Å². The number of hydrogen-bond acceptors (Lipinski definition) is 8. The van der Waals surface area contributed by atoms with Crippen molar-refractivity contribution in [3.05, 3.63) is 72.4 Å². The first kappa shape index (κ1) is 35.8. The Bertz CT molecular complexity index is 2330. The molecule has 3 aromatic carbocycles.